The van der Waals surface area contributed by atoms with E-state index in [0.29, 0.717) is 11.4 Å². The van der Waals surface area contributed by atoms with Gasteiger partial charge in [0.2, 0.25) is 0 Å². The van der Waals surface area contributed by atoms with Crippen LogP contribution in [0.2, 0.25) is 0 Å². The molecule has 14 heavy (non-hydrogen) atoms. The fraction of sp³-hybridized carbons (Fsp3) is 0. The predicted octanol–water partition coefficient (Wildman–Crippen LogP) is 0.548. The van der Waals surface area contributed by atoms with Gasteiger partial charge in [-0.2, -0.15) is 0 Å². The average Bonchev–Trinajstić information content (AvgIpc) is 2.06. The maximum Gasteiger partial charge on any atom is 0.168 e. The minimum absolute atomic E-state index is 0.165. The van der Waals surface area contributed by atoms with Crippen molar-refractivity contribution in [2.75, 3.05) is 10.0 Å². The molecule has 0 spiro atoms. The molecule has 0 radical (unpaired) electrons. The first-order chi connectivity index (χ1) is 6.58. The summed E-state index contributed by atoms with van der Waals surface area (Å²) >= 11 is 2.33. The summed E-state index contributed by atoms with van der Waals surface area (Å²) in [6.45, 7) is 0. The molecule has 0 fully saturated rings. The van der Waals surface area contributed by atoms with Crippen LogP contribution in [-0.4, -0.2) is 13.9 Å². The molecule has 76 valence electrons. The summed E-state index contributed by atoms with van der Waals surface area (Å²) in [6, 6.07) is 6.51. The third-order valence-corrected chi connectivity index (χ3v) is 1.86. The van der Waals surface area contributed by atoms with Gasteiger partial charge in [0.15, 0.2) is 5.11 Å². The predicted molar refractivity (Wildman–Crippen MR) is 59.4 cm³/mol. The van der Waals surface area contributed by atoms with E-state index in [1.807, 2.05) is 0 Å². The Morgan fingerprint density at radius 1 is 1.36 bits per heavy atom. The molecular formula is C7H8N3O2S2-. The molecule has 0 bridgehead atoms. The summed E-state index contributed by atoms with van der Waals surface area (Å²) in [6.07, 6.45) is 0. The summed E-state index contributed by atoms with van der Waals surface area (Å²) in [5, 5.41) is 2.88. The molecule has 0 aliphatic carbocycles. The molecular weight excluding hydrogens is 222 g/mol. The molecule has 0 aromatic heterocycles. The third-order valence-electron chi connectivity index (χ3n) is 1.35. The van der Waals surface area contributed by atoms with E-state index in [1.165, 1.54) is 0 Å². The van der Waals surface area contributed by atoms with Crippen LogP contribution in [0.4, 0.5) is 11.4 Å². The molecule has 0 aliphatic heterocycles. The number of benzene rings is 1. The van der Waals surface area contributed by atoms with Gasteiger partial charge in [0.1, 0.15) is 0 Å². The zero-order chi connectivity index (χ0) is 10.6. The number of nitrogens with one attached hydrogen (secondary N) is 2. The van der Waals surface area contributed by atoms with Gasteiger partial charge in [-0.25, -0.2) is 0 Å². The Kier molecular flexibility index (Phi) is 3.81. The maximum atomic E-state index is 10.3. The molecule has 7 heteroatoms. The molecule has 1 atom stereocenters. The summed E-state index contributed by atoms with van der Waals surface area (Å²) in [4.78, 5) is 0. The smallest absolute Gasteiger partial charge is 0.168 e. The fourth-order valence-corrected chi connectivity index (χ4v) is 1.31. The van der Waals surface area contributed by atoms with Gasteiger partial charge in [0, 0.05) is 22.6 Å². The first kappa shape index (κ1) is 10.9. The molecule has 0 amide bonds. The van der Waals surface area contributed by atoms with Crippen molar-refractivity contribution in [3.8, 4) is 0 Å². The monoisotopic (exact) mass is 230 g/mol. The van der Waals surface area contributed by atoms with Gasteiger partial charge < -0.3 is 20.3 Å². The number of rotatable bonds is 3. The first-order valence-electron chi connectivity index (χ1n) is 3.60. The third kappa shape index (κ3) is 3.69. The second-order valence-corrected chi connectivity index (χ2v) is 3.52. The Balaban J connectivity index is 2.68. The van der Waals surface area contributed by atoms with Crippen LogP contribution >= 0.6 is 12.2 Å². The molecule has 0 heterocycles. The van der Waals surface area contributed by atoms with E-state index in [9.17, 15) is 8.76 Å². The van der Waals surface area contributed by atoms with Crippen LogP contribution in [0, 0.1) is 0 Å². The van der Waals surface area contributed by atoms with E-state index in [0.717, 1.165) is 0 Å². The lowest BCUT2D eigenvalue weighted by Crippen LogP contribution is -2.18. The zero-order valence-electron chi connectivity index (χ0n) is 7.02. The maximum absolute atomic E-state index is 10.3. The summed E-state index contributed by atoms with van der Waals surface area (Å²) in [7, 11) is 0. The lowest BCUT2D eigenvalue weighted by molar-refractivity contribution is 0.542. The van der Waals surface area contributed by atoms with Gasteiger partial charge in [-0.15, -0.1) is 0 Å². The van der Waals surface area contributed by atoms with Gasteiger partial charge in [0.25, 0.3) is 0 Å². The highest BCUT2D eigenvalue weighted by Crippen LogP contribution is 2.13. The number of hydrogen-bond donors (Lipinski definition) is 3. The molecule has 0 aliphatic rings. The minimum Gasteiger partial charge on any atom is -0.755 e. The van der Waals surface area contributed by atoms with Crippen molar-refractivity contribution in [1.82, 2.24) is 0 Å². The summed E-state index contributed by atoms with van der Waals surface area (Å²) in [5.41, 5.74) is 6.44. The van der Waals surface area contributed by atoms with E-state index >= 15 is 0 Å². The highest BCUT2D eigenvalue weighted by molar-refractivity contribution is 7.80. The summed E-state index contributed by atoms with van der Waals surface area (Å²) < 4.78 is 22.7. The molecule has 0 saturated carbocycles. The van der Waals surface area contributed by atoms with Crippen LogP contribution < -0.4 is 15.8 Å². The Labute approximate surface area is 89.1 Å². The van der Waals surface area contributed by atoms with E-state index in [2.05, 4.69) is 22.3 Å². The molecule has 4 N–H and O–H groups in total. The first-order valence-corrected chi connectivity index (χ1v) is 5.08. The van der Waals surface area contributed by atoms with E-state index < -0.39 is 11.3 Å². The Morgan fingerprint density at radius 2 is 1.86 bits per heavy atom. The number of anilines is 2. The van der Waals surface area contributed by atoms with Crippen molar-refractivity contribution in [3.63, 3.8) is 0 Å². The number of nitrogens with two attached hydrogens (primary N) is 1. The molecule has 0 saturated heterocycles. The van der Waals surface area contributed by atoms with Crippen LogP contribution in [0.1, 0.15) is 0 Å². The normalized spacial score (nSPS) is 11.8. The quantitative estimate of drug-likeness (QED) is 0.521. The molecule has 1 unspecified atom stereocenters. The van der Waals surface area contributed by atoms with Crippen LogP contribution in [-0.2, 0) is 11.3 Å². The van der Waals surface area contributed by atoms with Gasteiger partial charge in [-0.1, -0.05) is 0 Å². The van der Waals surface area contributed by atoms with Crippen LogP contribution in [0.5, 0.6) is 0 Å². The van der Waals surface area contributed by atoms with E-state index in [1.54, 1.807) is 24.3 Å². The summed E-state index contributed by atoms with van der Waals surface area (Å²) in [5.74, 6) is 0. The van der Waals surface area contributed by atoms with Gasteiger partial charge in [-0.05, 0) is 36.5 Å². The van der Waals surface area contributed by atoms with Crippen LogP contribution in [0.15, 0.2) is 24.3 Å². The molecule has 1 rings (SSSR count). The molecule has 1 aromatic carbocycles. The Bertz CT molecular complexity index is 317. The lowest BCUT2D eigenvalue weighted by atomic mass is 10.3. The van der Waals surface area contributed by atoms with Crippen molar-refractivity contribution in [1.29, 1.82) is 0 Å². The largest absolute Gasteiger partial charge is 0.755 e. The lowest BCUT2D eigenvalue weighted by Gasteiger charge is -2.09. The SMILES string of the molecule is NC(=S)Nc1ccc(NS(=O)[O-])cc1. The number of thiocarbonyl (C=S) groups is 1. The second-order valence-electron chi connectivity index (χ2n) is 2.40. The highest BCUT2D eigenvalue weighted by atomic mass is 32.2. The standard InChI is InChI=1S/C7H9N3O2S2/c8-7(13)9-5-1-3-6(4-2-5)10-14(11)12/h1-4,10H,(H,11,12)(H3,8,9,13)/p-1. The van der Waals surface area contributed by atoms with E-state index in [-0.39, 0.29) is 5.11 Å². The zero-order valence-corrected chi connectivity index (χ0v) is 8.65. The minimum atomic E-state index is -2.30. The molecule has 5 nitrogen and oxygen atoms in total. The fourth-order valence-electron chi connectivity index (χ4n) is 0.860. The van der Waals surface area contributed by atoms with Crippen molar-refractivity contribution in [3.05, 3.63) is 24.3 Å². The topological polar surface area (TPSA) is 90.2 Å². The van der Waals surface area contributed by atoms with Crippen molar-refractivity contribution < 1.29 is 8.76 Å². The van der Waals surface area contributed by atoms with E-state index in [4.69, 9.17) is 5.73 Å². The van der Waals surface area contributed by atoms with Crippen LogP contribution in [0.25, 0.3) is 0 Å². The van der Waals surface area contributed by atoms with Gasteiger partial charge in [-0.3, -0.25) is 4.21 Å². The molecule has 1 aromatic rings. The number of hydrogen-bond acceptors (Lipinski definition) is 3. The van der Waals surface area contributed by atoms with Crippen LogP contribution in [0.3, 0.4) is 0 Å². The Morgan fingerprint density at radius 3 is 2.29 bits per heavy atom. The Hall–Kier alpha value is -1.18. The van der Waals surface area contributed by atoms with Crippen molar-refractivity contribution >= 4 is 40.0 Å². The average molecular weight is 230 g/mol. The van der Waals surface area contributed by atoms with Crippen molar-refractivity contribution in [2.24, 2.45) is 5.73 Å². The highest BCUT2D eigenvalue weighted by Gasteiger charge is 1.94. The van der Waals surface area contributed by atoms with Crippen molar-refractivity contribution in [2.45, 2.75) is 0 Å². The second kappa shape index (κ2) is 4.89. The van der Waals surface area contributed by atoms with Gasteiger partial charge in [0.05, 0.1) is 0 Å². The van der Waals surface area contributed by atoms with Gasteiger partial charge >= 0.3 is 0 Å².